The van der Waals surface area contributed by atoms with E-state index in [1.807, 2.05) is 37.3 Å². The number of nitro groups is 1. The SMILES string of the molecule is COc1cc([N+](=O)[O-])c2nccc(C)c2c1OCc1ccccc1. The Hall–Kier alpha value is -3.15. The number of ether oxygens (including phenoxy) is 2. The minimum absolute atomic E-state index is 0.0994. The van der Waals surface area contributed by atoms with E-state index in [1.54, 1.807) is 12.3 Å². The molecule has 0 saturated carbocycles. The Balaban J connectivity index is 2.15. The van der Waals surface area contributed by atoms with E-state index in [0.717, 1.165) is 11.1 Å². The highest BCUT2D eigenvalue weighted by Crippen LogP contribution is 2.42. The van der Waals surface area contributed by atoms with Crippen molar-refractivity contribution in [2.45, 2.75) is 13.5 Å². The predicted molar refractivity (Wildman–Crippen MR) is 90.5 cm³/mol. The molecule has 6 heteroatoms. The smallest absolute Gasteiger partial charge is 0.299 e. The number of hydrogen-bond acceptors (Lipinski definition) is 5. The number of aryl methyl sites for hydroxylation is 1. The van der Waals surface area contributed by atoms with Gasteiger partial charge in [0.15, 0.2) is 17.0 Å². The zero-order chi connectivity index (χ0) is 17.1. The van der Waals surface area contributed by atoms with Gasteiger partial charge >= 0.3 is 0 Å². The second kappa shape index (κ2) is 6.54. The second-order valence-corrected chi connectivity index (χ2v) is 5.31. The first-order chi connectivity index (χ1) is 11.6. The molecule has 0 N–H and O–H groups in total. The summed E-state index contributed by atoms with van der Waals surface area (Å²) in [6.07, 6.45) is 1.55. The number of benzene rings is 2. The Morgan fingerprint density at radius 1 is 1.21 bits per heavy atom. The highest BCUT2D eigenvalue weighted by Gasteiger charge is 2.23. The van der Waals surface area contributed by atoms with Crippen LogP contribution >= 0.6 is 0 Å². The van der Waals surface area contributed by atoms with E-state index in [9.17, 15) is 10.1 Å². The lowest BCUT2D eigenvalue weighted by atomic mass is 10.1. The number of nitro benzene ring substituents is 1. The molecule has 2 aromatic carbocycles. The Morgan fingerprint density at radius 2 is 1.96 bits per heavy atom. The van der Waals surface area contributed by atoms with Crippen LogP contribution in [0.3, 0.4) is 0 Å². The molecule has 0 radical (unpaired) electrons. The quantitative estimate of drug-likeness (QED) is 0.523. The molecule has 0 aliphatic heterocycles. The molecule has 3 aromatic rings. The third kappa shape index (κ3) is 2.86. The van der Waals surface area contributed by atoms with Crippen molar-refractivity contribution in [3.8, 4) is 11.5 Å². The number of pyridine rings is 1. The van der Waals surface area contributed by atoms with Crippen molar-refractivity contribution in [2.75, 3.05) is 7.11 Å². The Bertz CT molecular complexity index is 894. The molecule has 0 amide bonds. The average Bonchev–Trinajstić information content (AvgIpc) is 2.60. The number of fused-ring (bicyclic) bond motifs is 1. The minimum Gasteiger partial charge on any atom is -0.493 e. The Kier molecular flexibility index (Phi) is 4.29. The zero-order valence-corrected chi connectivity index (χ0v) is 13.4. The van der Waals surface area contributed by atoms with Gasteiger partial charge < -0.3 is 9.47 Å². The van der Waals surface area contributed by atoms with Crippen molar-refractivity contribution in [2.24, 2.45) is 0 Å². The number of methoxy groups -OCH3 is 1. The van der Waals surface area contributed by atoms with Gasteiger partial charge in [0.2, 0.25) is 0 Å². The van der Waals surface area contributed by atoms with Gasteiger partial charge in [-0.15, -0.1) is 0 Å². The molecule has 0 bridgehead atoms. The van der Waals surface area contributed by atoms with Gasteiger partial charge in [0.05, 0.1) is 23.5 Å². The van der Waals surface area contributed by atoms with Gasteiger partial charge in [0.1, 0.15) is 6.61 Å². The summed E-state index contributed by atoms with van der Waals surface area (Å²) in [5, 5.41) is 12.0. The minimum atomic E-state index is -0.460. The average molecular weight is 324 g/mol. The monoisotopic (exact) mass is 324 g/mol. The first-order valence-electron chi connectivity index (χ1n) is 7.39. The topological polar surface area (TPSA) is 74.5 Å². The van der Waals surface area contributed by atoms with Gasteiger partial charge in [-0.25, -0.2) is 4.98 Å². The van der Waals surface area contributed by atoms with Crippen LogP contribution < -0.4 is 9.47 Å². The molecule has 0 atom stereocenters. The second-order valence-electron chi connectivity index (χ2n) is 5.31. The summed E-state index contributed by atoms with van der Waals surface area (Å²) in [6.45, 7) is 2.20. The van der Waals surface area contributed by atoms with E-state index >= 15 is 0 Å². The fourth-order valence-corrected chi connectivity index (χ4v) is 2.58. The maximum Gasteiger partial charge on any atom is 0.299 e. The van der Waals surface area contributed by atoms with Crippen molar-refractivity contribution in [3.05, 3.63) is 69.9 Å². The molecule has 0 saturated heterocycles. The fraction of sp³-hybridized carbons (Fsp3) is 0.167. The van der Waals surface area contributed by atoms with Gasteiger partial charge in [0, 0.05) is 6.20 Å². The Morgan fingerprint density at radius 3 is 2.62 bits per heavy atom. The van der Waals surface area contributed by atoms with E-state index in [-0.39, 0.29) is 5.69 Å². The third-order valence-electron chi connectivity index (χ3n) is 3.76. The lowest BCUT2D eigenvalue weighted by molar-refractivity contribution is -0.383. The molecular formula is C18H16N2O4. The maximum atomic E-state index is 11.4. The number of aromatic nitrogens is 1. The van der Waals surface area contributed by atoms with E-state index in [4.69, 9.17) is 9.47 Å². The van der Waals surface area contributed by atoms with Crippen LogP contribution in [0.4, 0.5) is 5.69 Å². The molecule has 0 aliphatic rings. The van der Waals surface area contributed by atoms with E-state index < -0.39 is 4.92 Å². The lowest BCUT2D eigenvalue weighted by Crippen LogP contribution is -2.02. The molecule has 6 nitrogen and oxygen atoms in total. The van der Waals surface area contributed by atoms with Crippen molar-refractivity contribution in [3.63, 3.8) is 0 Å². The molecule has 1 heterocycles. The van der Waals surface area contributed by atoms with E-state index in [1.165, 1.54) is 13.2 Å². The summed E-state index contributed by atoms with van der Waals surface area (Å²) >= 11 is 0. The molecule has 0 fully saturated rings. The Labute approximate surface area is 138 Å². The van der Waals surface area contributed by atoms with Gasteiger partial charge in [-0.3, -0.25) is 10.1 Å². The van der Waals surface area contributed by atoms with Crippen LogP contribution in [-0.2, 0) is 6.61 Å². The van der Waals surface area contributed by atoms with Gasteiger partial charge in [-0.1, -0.05) is 30.3 Å². The largest absolute Gasteiger partial charge is 0.493 e. The summed E-state index contributed by atoms with van der Waals surface area (Å²) in [4.78, 5) is 15.1. The standard InChI is InChI=1S/C18H16N2O4/c1-12-8-9-19-17-14(20(21)22)10-15(23-2)18(16(12)17)24-11-13-6-4-3-5-7-13/h3-10H,11H2,1-2H3. The van der Waals surface area contributed by atoms with Gasteiger partial charge in [0.25, 0.3) is 5.69 Å². The van der Waals surface area contributed by atoms with Crippen LogP contribution in [0, 0.1) is 17.0 Å². The summed E-state index contributed by atoms with van der Waals surface area (Å²) < 4.78 is 11.3. The number of nitrogens with zero attached hydrogens (tertiary/aromatic N) is 2. The highest BCUT2D eigenvalue weighted by molar-refractivity contribution is 5.96. The van der Waals surface area contributed by atoms with Crippen LogP contribution in [0.1, 0.15) is 11.1 Å². The summed E-state index contributed by atoms with van der Waals surface area (Å²) in [6, 6.07) is 12.8. The van der Waals surface area contributed by atoms with E-state index in [0.29, 0.717) is 29.0 Å². The summed E-state index contributed by atoms with van der Waals surface area (Å²) in [5.41, 5.74) is 2.03. The van der Waals surface area contributed by atoms with Crippen molar-refractivity contribution in [1.29, 1.82) is 0 Å². The lowest BCUT2D eigenvalue weighted by Gasteiger charge is -2.15. The molecule has 0 unspecified atom stereocenters. The van der Waals surface area contributed by atoms with Crippen LogP contribution in [0.25, 0.3) is 10.9 Å². The fourth-order valence-electron chi connectivity index (χ4n) is 2.58. The molecule has 122 valence electrons. The number of hydrogen-bond donors (Lipinski definition) is 0. The molecule has 24 heavy (non-hydrogen) atoms. The van der Waals surface area contributed by atoms with Crippen molar-refractivity contribution < 1.29 is 14.4 Å². The highest BCUT2D eigenvalue weighted by atomic mass is 16.6. The third-order valence-corrected chi connectivity index (χ3v) is 3.76. The molecule has 3 rings (SSSR count). The zero-order valence-electron chi connectivity index (χ0n) is 13.4. The molecular weight excluding hydrogens is 308 g/mol. The van der Waals surface area contributed by atoms with Crippen LogP contribution in [0.15, 0.2) is 48.7 Å². The van der Waals surface area contributed by atoms with Gasteiger partial charge in [-0.05, 0) is 24.1 Å². The predicted octanol–water partition coefficient (Wildman–Crippen LogP) is 4.04. The normalized spacial score (nSPS) is 10.6. The number of non-ortho nitro benzene ring substituents is 1. The van der Waals surface area contributed by atoms with Crippen LogP contribution in [0.2, 0.25) is 0 Å². The van der Waals surface area contributed by atoms with Crippen molar-refractivity contribution in [1.82, 2.24) is 4.98 Å². The molecule has 0 spiro atoms. The summed E-state index contributed by atoms with van der Waals surface area (Å²) in [5.74, 6) is 0.786. The first kappa shape index (κ1) is 15.7. The molecule has 0 aliphatic carbocycles. The molecule has 1 aromatic heterocycles. The number of rotatable bonds is 5. The first-order valence-corrected chi connectivity index (χ1v) is 7.39. The van der Waals surface area contributed by atoms with Crippen molar-refractivity contribution >= 4 is 16.6 Å². The summed E-state index contributed by atoms with van der Waals surface area (Å²) in [7, 11) is 1.46. The van der Waals surface area contributed by atoms with Crippen LogP contribution in [0.5, 0.6) is 11.5 Å². The van der Waals surface area contributed by atoms with Crippen LogP contribution in [-0.4, -0.2) is 17.0 Å². The van der Waals surface area contributed by atoms with Gasteiger partial charge in [-0.2, -0.15) is 0 Å². The van der Waals surface area contributed by atoms with E-state index in [2.05, 4.69) is 4.98 Å². The maximum absolute atomic E-state index is 11.4.